The quantitative estimate of drug-likeness (QED) is 0.222. The van der Waals surface area contributed by atoms with Gasteiger partial charge in [-0.3, -0.25) is 19.4 Å². The molecule has 0 bridgehead atoms. The zero-order chi connectivity index (χ0) is 14.0. The Morgan fingerprint density at radius 3 is 2.79 bits per heavy atom. The number of rotatable bonds is 3. The summed E-state index contributed by atoms with van der Waals surface area (Å²) in [5.41, 5.74) is 6.17. The van der Waals surface area contributed by atoms with Gasteiger partial charge in [0.2, 0.25) is 5.95 Å². The molecule has 10 nitrogen and oxygen atoms in total. The van der Waals surface area contributed by atoms with Gasteiger partial charge in [-0.25, -0.2) is 10.8 Å². The number of H-pyrrole nitrogens is 1. The second-order valence-corrected chi connectivity index (χ2v) is 4.38. The van der Waals surface area contributed by atoms with E-state index in [4.69, 9.17) is 11.6 Å². The Balaban J connectivity index is 2.41. The van der Waals surface area contributed by atoms with Crippen molar-refractivity contribution in [3.8, 4) is 0 Å². The van der Waals surface area contributed by atoms with Gasteiger partial charge in [-0.2, -0.15) is 9.97 Å². The highest BCUT2D eigenvalue weighted by atomic mass is 32.2. The number of aromatic amines is 1. The van der Waals surface area contributed by atoms with Gasteiger partial charge in [0.25, 0.3) is 0 Å². The first kappa shape index (κ1) is 13.0. The van der Waals surface area contributed by atoms with Crippen molar-refractivity contribution in [3.63, 3.8) is 0 Å². The summed E-state index contributed by atoms with van der Waals surface area (Å²) in [6, 6.07) is 1.53. The molecule has 0 aliphatic rings. The van der Waals surface area contributed by atoms with Crippen molar-refractivity contribution in [1.29, 1.82) is 0 Å². The van der Waals surface area contributed by atoms with Crippen LogP contribution in [0.15, 0.2) is 25.8 Å². The lowest BCUT2D eigenvalue weighted by Gasteiger charge is -2.06. The van der Waals surface area contributed by atoms with Crippen molar-refractivity contribution in [1.82, 2.24) is 24.7 Å². The summed E-state index contributed by atoms with van der Waals surface area (Å²) < 4.78 is 1.31. The van der Waals surface area contributed by atoms with Crippen LogP contribution >= 0.6 is 11.8 Å². The fourth-order valence-electron chi connectivity index (χ4n) is 1.21. The summed E-state index contributed by atoms with van der Waals surface area (Å²) in [5, 5.41) is 3.00. The number of anilines is 2. The fourth-order valence-corrected chi connectivity index (χ4v) is 2.02. The molecule has 0 unspecified atom stereocenters. The van der Waals surface area contributed by atoms with Crippen LogP contribution in [0.25, 0.3) is 0 Å². The molecule has 19 heavy (non-hydrogen) atoms. The molecule has 0 aliphatic carbocycles. The lowest BCUT2D eigenvalue weighted by atomic mass is 10.6. The van der Waals surface area contributed by atoms with Crippen molar-refractivity contribution in [2.45, 2.75) is 10.2 Å². The van der Waals surface area contributed by atoms with E-state index in [0.717, 1.165) is 11.8 Å². The van der Waals surface area contributed by atoms with Crippen molar-refractivity contribution >= 4 is 23.5 Å². The predicted molar refractivity (Wildman–Crippen MR) is 68.5 cm³/mol. The van der Waals surface area contributed by atoms with E-state index in [1.165, 1.54) is 10.7 Å². The number of nitrogens with zero attached hydrogens (tertiary/aromatic N) is 4. The lowest BCUT2D eigenvalue weighted by Crippen LogP contribution is -2.33. The molecule has 0 aromatic carbocycles. The van der Waals surface area contributed by atoms with Crippen LogP contribution in [0.3, 0.4) is 0 Å². The number of nitrogens with two attached hydrogens (primary N) is 2. The Bertz CT molecular complexity index is 723. The van der Waals surface area contributed by atoms with Gasteiger partial charge in [0.1, 0.15) is 10.8 Å². The van der Waals surface area contributed by atoms with Gasteiger partial charge in [0.15, 0.2) is 5.16 Å². The third-order valence-corrected chi connectivity index (χ3v) is 2.98. The highest BCUT2D eigenvalue weighted by molar-refractivity contribution is 7.99. The summed E-state index contributed by atoms with van der Waals surface area (Å²) in [5.74, 6) is 5.58. The Morgan fingerprint density at radius 2 is 2.11 bits per heavy atom. The molecule has 11 heteroatoms. The largest absolute Gasteiger partial charge is 0.368 e. The molecule has 0 saturated carbocycles. The normalized spacial score (nSPS) is 10.4. The van der Waals surface area contributed by atoms with E-state index in [9.17, 15) is 9.59 Å². The van der Waals surface area contributed by atoms with Crippen molar-refractivity contribution in [2.24, 2.45) is 12.9 Å². The summed E-state index contributed by atoms with van der Waals surface area (Å²) in [4.78, 5) is 33.7. The average Bonchev–Trinajstić information content (AvgIpc) is 2.35. The summed E-state index contributed by atoms with van der Waals surface area (Å²) >= 11 is 1.04. The molecule has 2 aromatic heterocycles. The molecule has 0 radical (unpaired) electrons. The molecule has 0 aliphatic heterocycles. The average molecular weight is 282 g/mol. The molecule has 0 spiro atoms. The van der Waals surface area contributed by atoms with Crippen LogP contribution in [0.4, 0.5) is 11.8 Å². The van der Waals surface area contributed by atoms with Gasteiger partial charge in [-0.15, -0.1) is 0 Å². The molecule has 0 atom stereocenters. The minimum Gasteiger partial charge on any atom is -0.368 e. The minimum absolute atomic E-state index is 0.0207. The molecular formula is C8H10N8O2S. The molecule has 0 amide bonds. The van der Waals surface area contributed by atoms with E-state index >= 15 is 0 Å². The first-order valence-corrected chi connectivity index (χ1v) is 5.77. The second kappa shape index (κ2) is 5.07. The monoisotopic (exact) mass is 282 g/mol. The summed E-state index contributed by atoms with van der Waals surface area (Å²) in [6.07, 6.45) is 0. The molecule has 2 rings (SSSR count). The van der Waals surface area contributed by atoms with Gasteiger partial charge in [-0.1, -0.05) is 0 Å². The number of hydrazine groups is 1. The van der Waals surface area contributed by atoms with Crippen LogP contribution in [0.1, 0.15) is 0 Å². The van der Waals surface area contributed by atoms with Gasteiger partial charge < -0.3 is 11.2 Å². The highest BCUT2D eigenvalue weighted by Crippen LogP contribution is 2.24. The maximum absolute atomic E-state index is 11.2. The first-order chi connectivity index (χ1) is 8.99. The number of aromatic nitrogens is 5. The van der Waals surface area contributed by atoms with E-state index < -0.39 is 11.1 Å². The van der Waals surface area contributed by atoms with Crippen LogP contribution in [0, 0.1) is 0 Å². The standard InChI is InChI=1S/C8H10N8O2S/c1-16-8(13-5(17)6(18)15-16)19-4-2-3(14-10)11-7(9)12-4/h2H,10H2,1H3,(H,15,18)(H3,9,11,12,14). The predicted octanol–water partition coefficient (Wildman–Crippen LogP) is -1.72. The summed E-state index contributed by atoms with van der Waals surface area (Å²) in [7, 11) is 1.54. The first-order valence-electron chi connectivity index (χ1n) is 4.96. The van der Waals surface area contributed by atoms with Crippen LogP contribution < -0.4 is 28.1 Å². The Labute approximate surface area is 110 Å². The highest BCUT2D eigenvalue weighted by Gasteiger charge is 2.09. The third-order valence-electron chi connectivity index (χ3n) is 2.01. The molecule has 2 heterocycles. The van der Waals surface area contributed by atoms with Crippen LogP contribution in [0.2, 0.25) is 0 Å². The van der Waals surface area contributed by atoms with Gasteiger partial charge in [0.05, 0.1) is 0 Å². The molecule has 0 fully saturated rings. The van der Waals surface area contributed by atoms with Gasteiger partial charge >= 0.3 is 11.1 Å². The van der Waals surface area contributed by atoms with Crippen molar-refractivity contribution in [3.05, 3.63) is 26.8 Å². The molecule has 0 saturated heterocycles. The summed E-state index contributed by atoms with van der Waals surface area (Å²) in [6.45, 7) is 0. The molecule has 6 N–H and O–H groups in total. The van der Waals surface area contributed by atoms with E-state index in [1.54, 1.807) is 7.05 Å². The van der Waals surface area contributed by atoms with E-state index in [0.29, 0.717) is 10.8 Å². The van der Waals surface area contributed by atoms with Crippen LogP contribution in [-0.4, -0.2) is 24.7 Å². The second-order valence-electron chi connectivity index (χ2n) is 3.40. The molecular weight excluding hydrogens is 272 g/mol. The number of nitrogens with one attached hydrogen (secondary N) is 2. The maximum atomic E-state index is 11.2. The molecule has 100 valence electrons. The number of hydrogen-bond acceptors (Lipinski definition) is 9. The zero-order valence-corrected chi connectivity index (χ0v) is 10.6. The topological polar surface area (TPSA) is 158 Å². The van der Waals surface area contributed by atoms with E-state index in [2.05, 4.69) is 25.5 Å². The maximum Gasteiger partial charge on any atom is 0.339 e. The SMILES string of the molecule is Cn1[nH]c(=O)c(=O)nc1Sc1cc(NN)nc(N)n1. The Morgan fingerprint density at radius 1 is 1.37 bits per heavy atom. The number of aryl methyl sites for hydroxylation is 1. The Kier molecular flexibility index (Phi) is 3.48. The van der Waals surface area contributed by atoms with Crippen molar-refractivity contribution in [2.75, 3.05) is 11.2 Å². The van der Waals surface area contributed by atoms with Gasteiger partial charge in [0, 0.05) is 13.1 Å². The smallest absolute Gasteiger partial charge is 0.339 e. The number of hydrogen-bond donors (Lipinski definition) is 4. The zero-order valence-electron chi connectivity index (χ0n) is 9.75. The lowest BCUT2D eigenvalue weighted by molar-refractivity contribution is 0.596. The van der Waals surface area contributed by atoms with E-state index in [-0.39, 0.29) is 11.1 Å². The van der Waals surface area contributed by atoms with Crippen LogP contribution in [0.5, 0.6) is 0 Å². The molecule has 2 aromatic rings. The Hall–Kier alpha value is -2.40. The van der Waals surface area contributed by atoms with Gasteiger partial charge in [-0.05, 0) is 11.8 Å². The van der Waals surface area contributed by atoms with Crippen LogP contribution in [-0.2, 0) is 7.05 Å². The third kappa shape index (κ3) is 2.89. The number of nitrogen functional groups attached to an aromatic ring is 2. The van der Waals surface area contributed by atoms with Crippen molar-refractivity contribution < 1.29 is 0 Å². The van der Waals surface area contributed by atoms with E-state index in [1.807, 2.05) is 0 Å². The minimum atomic E-state index is -0.875. The fraction of sp³-hybridized carbons (Fsp3) is 0.125.